The lowest BCUT2D eigenvalue weighted by atomic mass is 9.80. The lowest BCUT2D eigenvalue weighted by Crippen LogP contribution is -2.30. The third-order valence-corrected chi connectivity index (χ3v) is 4.59. The molecule has 3 rings (SSSR count). The van der Waals surface area contributed by atoms with E-state index in [1.807, 2.05) is 7.05 Å². The van der Waals surface area contributed by atoms with E-state index in [9.17, 15) is 8.78 Å². The van der Waals surface area contributed by atoms with Gasteiger partial charge >= 0.3 is 0 Å². The number of nitrogens with one attached hydrogen (secondary N) is 2. The quantitative estimate of drug-likeness (QED) is 0.859. The van der Waals surface area contributed by atoms with Crippen LogP contribution in [0.25, 0.3) is 0 Å². The molecule has 0 aromatic heterocycles. The van der Waals surface area contributed by atoms with Crippen molar-refractivity contribution in [2.24, 2.45) is 0 Å². The molecule has 0 saturated heterocycles. The molecule has 1 saturated carbocycles. The van der Waals surface area contributed by atoms with Crippen molar-refractivity contribution in [3.05, 3.63) is 28.8 Å². The van der Waals surface area contributed by atoms with Gasteiger partial charge in [-0.2, -0.15) is 0 Å². The standard InChI is InChI=1S/C15H20F2N2/c1-18-10-4-2-9(3-5-10)14-12(16)8-13-11(15(14)17)6-7-19-13/h8-10,18-19H,2-7H2,1H3. The van der Waals surface area contributed by atoms with Gasteiger partial charge in [-0.05, 0) is 51.1 Å². The van der Waals surface area contributed by atoms with Gasteiger partial charge in [0.25, 0.3) is 0 Å². The van der Waals surface area contributed by atoms with Gasteiger partial charge in [0, 0.05) is 29.4 Å². The van der Waals surface area contributed by atoms with Crippen LogP contribution in [0.4, 0.5) is 14.5 Å². The lowest BCUT2D eigenvalue weighted by Gasteiger charge is -2.29. The highest BCUT2D eigenvalue weighted by Crippen LogP contribution is 2.39. The summed E-state index contributed by atoms with van der Waals surface area (Å²) in [5.74, 6) is -0.637. The molecule has 0 spiro atoms. The number of hydrogen-bond acceptors (Lipinski definition) is 2. The van der Waals surface area contributed by atoms with Crippen molar-refractivity contribution in [1.29, 1.82) is 0 Å². The van der Waals surface area contributed by atoms with Crippen LogP contribution in [-0.4, -0.2) is 19.6 Å². The fourth-order valence-electron chi connectivity index (χ4n) is 3.45. The molecule has 1 aromatic carbocycles. The summed E-state index contributed by atoms with van der Waals surface area (Å²) in [6.45, 7) is 0.710. The monoisotopic (exact) mass is 266 g/mol. The van der Waals surface area contributed by atoms with E-state index in [1.165, 1.54) is 6.07 Å². The summed E-state index contributed by atoms with van der Waals surface area (Å²) < 4.78 is 28.7. The van der Waals surface area contributed by atoms with Crippen molar-refractivity contribution >= 4 is 5.69 Å². The van der Waals surface area contributed by atoms with Crippen LogP contribution in [0.3, 0.4) is 0 Å². The van der Waals surface area contributed by atoms with Crippen molar-refractivity contribution in [2.75, 3.05) is 18.9 Å². The summed E-state index contributed by atoms with van der Waals surface area (Å²) >= 11 is 0. The van der Waals surface area contributed by atoms with E-state index in [0.717, 1.165) is 25.7 Å². The molecule has 1 aromatic rings. The molecule has 0 atom stereocenters. The molecule has 2 nitrogen and oxygen atoms in total. The first-order chi connectivity index (χ1) is 9.20. The molecule has 2 aliphatic rings. The highest BCUT2D eigenvalue weighted by Gasteiger charge is 2.29. The molecule has 0 bridgehead atoms. The average molecular weight is 266 g/mol. The molecule has 1 aliphatic carbocycles. The maximum Gasteiger partial charge on any atom is 0.134 e. The first-order valence-corrected chi connectivity index (χ1v) is 7.12. The van der Waals surface area contributed by atoms with E-state index in [-0.39, 0.29) is 17.6 Å². The molecule has 0 unspecified atom stereocenters. The second-order valence-corrected chi connectivity index (χ2v) is 5.63. The minimum Gasteiger partial charge on any atom is -0.384 e. The smallest absolute Gasteiger partial charge is 0.134 e. The van der Waals surface area contributed by atoms with E-state index in [1.54, 1.807) is 0 Å². The van der Waals surface area contributed by atoms with Crippen molar-refractivity contribution in [3.63, 3.8) is 0 Å². The number of halogens is 2. The van der Waals surface area contributed by atoms with Gasteiger partial charge < -0.3 is 10.6 Å². The number of hydrogen-bond donors (Lipinski definition) is 2. The second kappa shape index (κ2) is 5.08. The molecule has 0 radical (unpaired) electrons. The summed E-state index contributed by atoms with van der Waals surface area (Å²) in [6, 6.07) is 1.98. The van der Waals surface area contributed by atoms with Crippen LogP contribution in [-0.2, 0) is 6.42 Å². The fourth-order valence-corrected chi connectivity index (χ4v) is 3.45. The minimum absolute atomic E-state index is 0.0375. The van der Waals surface area contributed by atoms with Crippen molar-refractivity contribution in [2.45, 2.75) is 44.1 Å². The first-order valence-electron chi connectivity index (χ1n) is 7.12. The van der Waals surface area contributed by atoms with Crippen LogP contribution in [0.5, 0.6) is 0 Å². The molecule has 4 heteroatoms. The highest BCUT2D eigenvalue weighted by atomic mass is 19.1. The van der Waals surface area contributed by atoms with Crippen LogP contribution in [0.15, 0.2) is 6.07 Å². The predicted octanol–water partition coefficient (Wildman–Crippen LogP) is 3.18. The van der Waals surface area contributed by atoms with Gasteiger partial charge in [0.2, 0.25) is 0 Å². The van der Waals surface area contributed by atoms with Crippen molar-refractivity contribution in [1.82, 2.24) is 5.32 Å². The zero-order chi connectivity index (χ0) is 13.4. The molecule has 0 amide bonds. The average Bonchev–Trinajstić information content (AvgIpc) is 2.88. The Morgan fingerprint density at radius 3 is 2.63 bits per heavy atom. The lowest BCUT2D eigenvalue weighted by molar-refractivity contribution is 0.345. The van der Waals surface area contributed by atoms with Crippen LogP contribution < -0.4 is 10.6 Å². The molecule has 1 aliphatic heterocycles. The molecule has 104 valence electrons. The molecule has 1 heterocycles. The third kappa shape index (κ3) is 2.22. The van der Waals surface area contributed by atoms with Crippen LogP contribution in [0, 0.1) is 11.6 Å². The van der Waals surface area contributed by atoms with Crippen LogP contribution in [0.2, 0.25) is 0 Å². The summed E-state index contributed by atoms with van der Waals surface area (Å²) in [5, 5.41) is 6.29. The van der Waals surface area contributed by atoms with Gasteiger partial charge in [-0.25, -0.2) is 8.78 Å². The molecular weight excluding hydrogens is 246 g/mol. The third-order valence-electron chi connectivity index (χ3n) is 4.59. The Hall–Kier alpha value is -1.16. The van der Waals surface area contributed by atoms with E-state index in [0.29, 0.717) is 35.8 Å². The summed E-state index contributed by atoms with van der Waals surface area (Å²) in [4.78, 5) is 0. The Morgan fingerprint density at radius 1 is 1.21 bits per heavy atom. The van der Waals surface area contributed by atoms with E-state index >= 15 is 0 Å². The van der Waals surface area contributed by atoms with E-state index in [2.05, 4.69) is 10.6 Å². The van der Waals surface area contributed by atoms with Gasteiger partial charge in [0.15, 0.2) is 0 Å². The summed E-state index contributed by atoms with van der Waals surface area (Å²) in [7, 11) is 1.95. The fraction of sp³-hybridized carbons (Fsp3) is 0.600. The zero-order valence-corrected chi connectivity index (χ0v) is 11.2. The van der Waals surface area contributed by atoms with Crippen molar-refractivity contribution in [3.8, 4) is 0 Å². The van der Waals surface area contributed by atoms with E-state index in [4.69, 9.17) is 0 Å². The van der Waals surface area contributed by atoms with E-state index < -0.39 is 0 Å². The molecule has 19 heavy (non-hydrogen) atoms. The number of benzene rings is 1. The second-order valence-electron chi connectivity index (χ2n) is 5.63. The number of rotatable bonds is 2. The first kappa shape index (κ1) is 12.9. The largest absolute Gasteiger partial charge is 0.384 e. The molecule has 2 N–H and O–H groups in total. The Kier molecular flexibility index (Phi) is 3.44. The highest BCUT2D eigenvalue weighted by molar-refractivity contribution is 5.58. The SMILES string of the molecule is CNC1CCC(c2c(F)cc3c(c2F)CCN3)CC1. The van der Waals surface area contributed by atoms with Crippen LogP contribution in [0.1, 0.15) is 42.7 Å². The maximum absolute atomic E-state index is 14.5. The molecule has 1 fully saturated rings. The van der Waals surface area contributed by atoms with Gasteiger partial charge in [-0.15, -0.1) is 0 Å². The normalized spacial score (nSPS) is 26.1. The van der Waals surface area contributed by atoms with Crippen molar-refractivity contribution < 1.29 is 8.78 Å². The van der Waals surface area contributed by atoms with Gasteiger partial charge in [0.05, 0.1) is 0 Å². The van der Waals surface area contributed by atoms with Gasteiger partial charge in [-0.3, -0.25) is 0 Å². The topological polar surface area (TPSA) is 24.1 Å². The van der Waals surface area contributed by atoms with Gasteiger partial charge in [-0.1, -0.05) is 0 Å². The van der Waals surface area contributed by atoms with Crippen LogP contribution >= 0.6 is 0 Å². The predicted molar refractivity (Wildman–Crippen MR) is 72.6 cm³/mol. The molecular formula is C15H20F2N2. The number of fused-ring (bicyclic) bond motifs is 1. The summed E-state index contributed by atoms with van der Waals surface area (Å²) in [5.41, 5.74) is 1.65. The Morgan fingerprint density at radius 2 is 1.95 bits per heavy atom. The minimum atomic E-state index is -0.376. The Labute approximate surface area is 112 Å². The zero-order valence-electron chi connectivity index (χ0n) is 11.2. The van der Waals surface area contributed by atoms with Gasteiger partial charge in [0.1, 0.15) is 11.6 Å². The Bertz CT molecular complexity index is 480. The Balaban J connectivity index is 1.89. The summed E-state index contributed by atoms with van der Waals surface area (Å²) in [6.07, 6.45) is 4.39. The maximum atomic E-state index is 14.5. The number of anilines is 1.